The zero-order valence-electron chi connectivity index (χ0n) is 20.5. The normalized spacial score (nSPS) is 29.2. The van der Waals surface area contributed by atoms with Crippen molar-refractivity contribution >= 4 is 11.9 Å². The Balaban J connectivity index is 0.00000512. The van der Waals surface area contributed by atoms with E-state index in [-0.39, 0.29) is 65.8 Å². The maximum absolute atomic E-state index is 12.8. The summed E-state index contributed by atoms with van der Waals surface area (Å²) in [5, 5.41) is 30.8. The quantitative estimate of drug-likeness (QED) is 0.346. The van der Waals surface area contributed by atoms with Gasteiger partial charge in [-0.1, -0.05) is 39.0 Å². The standard InChI is InChI=1S/C25H40O6.Na/c1-6-25(4,5)24(30)31-21-12-15(2)11-17-8-7-16(3)20(23(17)21)10-9-18(26)13-19(27)14-22(28)29;/h7-8,11,15-16,18-21,23,26-27H,6,9-10,12-14H2,1-5H3,(H,28,29);/q;+1/p-1/t15-,16-,18+,19-,20-,21+,23?;/m1./s1. The van der Waals surface area contributed by atoms with E-state index >= 15 is 0 Å². The number of aliphatic hydroxyl groups is 2. The molecule has 32 heavy (non-hydrogen) atoms. The number of rotatable bonds is 10. The van der Waals surface area contributed by atoms with Gasteiger partial charge >= 0.3 is 35.5 Å². The fourth-order valence-electron chi connectivity index (χ4n) is 4.76. The summed E-state index contributed by atoms with van der Waals surface area (Å²) in [6, 6.07) is 0. The second-order valence-corrected chi connectivity index (χ2v) is 10.2. The molecular weight excluding hydrogens is 419 g/mol. The van der Waals surface area contributed by atoms with Crippen molar-refractivity contribution in [1.82, 2.24) is 0 Å². The van der Waals surface area contributed by atoms with Crippen molar-refractivity contribution in [2.75, 3.05) is 0 Å². The van der Waals surface area contributed by atoms with Crippen LogP contribution in [-0.4, -0.2) is 40.5 Å². The number of esters is 1. The Hall–Kier alpha value is -0.660. The number of allylic oxidation sites excluding steroid dienone is 3. The monoisotopic (exact) mass is 458 g/mol. The van der Waals surface area contributed by atoms with Crippen molar-refractivity contribution in [3.05, 3.63) is 23.8 Å². The van der Waals surface area contributed by atoms with Crippen LogP contribution in [0.15, 0.2) is 23.8 Å². The Morgan fingerprint density at radius 1 is 1.25 bits per heavy atom. The summed E-state index contributed by atoms with van der Waals surface area (Å²) >= 11 is 0. The zero-order chi connectivity index (χ0) is 23.3. The first kappa shape index (κ1) is 29.4. The number of carbonyl (C=O) groups excluding carboxylic acids is 2. The SMILES string of the molecule is CCC(C)(C)C(=O)O[C@H]1C[C@H](C)C=C2C=C[C@@H](C)[C@@H](CC[C@H](O)C[C@@H](O)CC(=O)[O-])C21.[Na+]. The molecule has 0 aromatic rings. The number of hydrogen-bond acceptors (Lipinski definition) is 6. The summed E-state index contributed by atoms with van der Waals surface area (Å²) in [5.74, 6) is -0.641. The van der Waals surface area contributed by atoms with E-state index in [1.54, 1.807) is 0 Å². The number of carbonyl (C=O) groups is 2. The maximum atomic E-state index is 12.8. The summed E-state index contributed by atoms with van der Waals surface area (Å²) in [6.45, 7) is 10.1. The molecule has 6 nitrogen and oxygen atoms in total. The topological polar surface area (TPSA) is 107 Å². The Morgan fingerprint density at radius 3 is 2.50 bits per heavy atom. The first-order valence-electron chi connectivity index (χ1n) is 11.6. The molecule has 0 saturated carbocycles. The van der Waals surface area contributed by atoms with Gasteiger partial charge in [0, 0.05) is 18.3 Å². The van der Waals surface area contributed by atoms with Crippen LogP contribution in [0.2, 0.25) is 0 Å². The van der Waals surface area contributed by atoms with Crippen LogP contribution >= 0.6 is 0 Å². The smallest absolute Gasteiger partial charge is 0.550 e. The second-order valence-electron chi connectivity index (χ2n) is 10.2. The minimum Gasteiger partial charge on any atom is -0.550 e. The van der Waals surface area contributed by atoms with Crippen LogP contribution < -0.4 is 34.7 Å². The van der Waals surface area contributed by atoms with Gasteiger partial charge in [-0.3, -0.25) is 4.79 Å². The molecule has 2 aliphatic rings. The minimum absolute atomic E-state index is 0. The third kappa shape index (κ3) is 7.98. The van der Waals surface area contributed by atoms with Gasteiger partial charge < -0.3 is 24.9 Å². The zero-order valence-corrected chi connectivity index (χ0v) is 22.5. The Morgan fingerprint density at radius 2 is 1.91 bits per heavy atom. The molecule has 7 heteroatoms. The fraction of sp³-hybridized carbons (Fsp3) is 0.760. The number of hydrogen-bond donors (Lipinski definition) is 2. The molecule has 2 rings (SSSR count). The molecule has 2 aliphatic carbocycles. The van der Waals surface area contributed by atoms with Gasteiger partial charge in [0.1, 0.15) is 6.10 Å². The Kier molecular flexibility index (Phi) is 11.7. The molecule has 0 spiro atoms. The number of fused-ring (bicyclic) bond motifs is 1. The van der Waals surface area contributed by atoms with Crippen molar-refractivity contribution in [1.29, 1.82) is 0 Å². The average Bonchev–Trinajstić information content (AvgIpc) is 2.66. The minimum atomic E-state index is -1.32. The van der Waals surface area contributed by atoms with Gasteiger partial charge in [-0.25, -0.2) is 0 Å². The van der Waals surface area contributed by atoms with Crippen LogP contribution in [0.3, 0.4) is 0 Å². The molecule has 1 unspecified atom stereocenters. The summed E-state index contributed by atoms with van der Waals surface area (Å²) in [4.78, 5) is 23.5. The summed E-state index contributed by atoms with van der Waals surface area (Å²) < 4.78 is 6.09. The van der Waals surface area contributed by atoms with Gasteiger partial charge in [-0.05, 0) is 69.3 Å². The van der Waals surface area contributed by atoms with Crippen LogP contribution in [0.5, 0.6) is 0 Å². The first-order valence-corrected chi connectivity index (χ1v) is 11.6. The number of aliphatic hydroxyl groups excluding tert-OH is 2. The van der Waals surface area contributed by atoms with Gasteiger partial charge in [-0.2, -0.15) is 0 Å². The third-order valence-electron chi connectivity index (χ3n) is 7.07. The van der Waals surface area contributed by atoms with E-state index < -0.39 is 30.0 Å². The molecule has 0 heterocycles. The molecule has 0 amide bonds. The molecule has 7 atom stereocenters. The van der Waals surface area contributed by atoms with Gasteiger partial charge in [0.25, 0.3) is 0 Å². The van der Waals surface area contributed by atoms with E-state index in [9.17, 15) is 24.9 Å². The van der Waals surface area contributed by atoms with Crippen LogP contribution in [0.25, 0.3) is 0 Å². The molecule has 0 aromatic carbocycles. The van der Waals surface area contributed by atoms with Crippen molar-refractivity contribution in [2.24, 2.45) is 29.1 Å². The van der Waals surface area contributed by atoms with Crippen molar-refractivity contribution in [2.45, 2.75) is 91.5 Å². The number of ether oxygens (including phenoxy) is 1. The Labute approximate surface area is 214 Å². The van der Waals surface area contributed by atoms with E-state index in [2.05, 4.69) is 32.1 Å². The third-order valence-corrected chi connectivity index (χ3v) is 7.07. The van der Waals surface area contributed by atoms with E-state index in [4.69, 9.17) is 4.74 Å². The second kappa shape index (κ2) is 12.7. The van der Waals surface area contributed by atoms with Gasteiger partial charge in [0.2, 0.25) is 0 Å². The molecule has 0 fully saturated rings. The van der Waals surface area contributed by atoms with Crippen molar-refractivity contribution < 1.29 is 59.2 Å². The Bertz CT molecular complexity index is 701. The van der Waals surface area contributed by atoms with E-state index in [0.29, 0.717) is 25.2 Å². The fourth-order valence-corrected chi connectivity index (χ4v) is 4.76. The van der Waals surface area contributed by atoms with Crippen LogP contribution in [-0.2, 0) is 14.3 Å². The van der Waals surface area contributed by atoms with Crippen molar-refractivity contribution in [3.63, 3.8) is 0 Å². The number of aliphatic carboxylic acids is 1. The van der Waals surface area contributed by atoms with Gasteiger partial charge in [0.15, 0.2) is 0 Å². The molecule has 0 bridgehead atoms. The van der Waals surface area contributed by atoms with Crippen LogP contribution in [0, 0.1) is 29.1 Å². The van der Waals surface area contributed by atoms with Crippen molar-refractivity contribution in [3.8, 4) is 0 Å². The van der Waals surface area contributed by atoms with E-state index in [1.165, 1.54) is 5.57 Å². The van der Waals surface area contributed by atoms with Crippen LogP contribution in [0.1, 0.15) is 73.1 Å². The maximum Gasteiger partial charge on any atom is 1.00 e. The largest absolute Gasteiger partial charge is 1.00 e. The molecule has 0 saturated heterocycles. The predicted octanol–water partition coefficient (Wildman–Crippen LogP) is -0.225. The molecule has 0 radical (unpaired) electrons. The molecule has 2 N–H and O–H groups in total. The average molecular weight is 459 g/mol. The number of carboxylic acids is 1. The molecule has 176 valence electrons. The molecule has 0 aromatic heterocycles. The van der Waals surface area contributed by atoms with Gasteiger partial charge in [-0.15, -0.1) is 0 Å². The van der Waals surface area contributed by atoms with Gasteiger partial charge in [0.05, 0.1) is 17.6 Å². The first-order chi connectivity index (χ1) is 14.4. The summed E-state index contributed by atoms with van der Waals surface area (Å²) in [5.41, 5.74) is 0.669. The van der Waals surface area contributed by atoms with Crippen LogP contribution in [0.4, 0.5) is 0 Å². The van der Waals surface area contributed by atoms with E-state index in [1.807, 2.05) is 20.8 Å². The molecule has 0 aliphatic heterocycles. The van der Waals surface area contributed by atoms with E-state index in [0.717, 1.165) is 6.42 Å². The summed E-state index contributed by atoms with van der Waals surface area (Å²) in [6.07, 6.45) is 6.66. The number of carboxylic acid groups (broad SMARTS) is 1. The predicted molar refractivity (Wildman–Crippen MR) is 117 cm³/mol. The summed E-state index contributed by atoms with van der Waals surface area (Å²) in [7, 11) is 0. The molecular formula is C25H39NaO6.